The van der Waals surface area contributed by atoms with Gasteiger partial charge in [-0.25, -0.2) is 0 Å². The van der Waals surface area contributed by atoms with Gasteiger partial charge in [0, 0.05) is 12.8 Å². The molecule has 1 unspecified atom stereocenters. The van der Waals surface area contributed by atoms with E-state index in [0.717, 1.165) is 0 Å². The van der Waals surface area contributed by atoms with Gasteiger partial charge in [-0.15, -0.1) is 0 Å². The molecule has 0 saturated heterocycles. The lowest BCUT2D eigenvalue weighted by Gasteiger charge is -2.10. The Hall–Kier alpha value is -0.900. The van der Waals surface area contributed by atoms with Gasteiger partial charge >= 0.3 is 5.97 Å². The van der Waals surface area contributed by atoms with Crippen LogP contribution in [-0.2, 0) is 9.59 Å². The molecule has 0 bridgehead atoms. The normalized spacial score (nSPS) is 12.9. The van der Waals surface area contributed by atoms with Crippen molar-refractivity contribution in [3.63, 3.8) is 0 Å². The second-order valence-electron chi connectivity index (χ2n) is 3.60. The second-order valence-corrected chi connectivity index (χ2v) is 3.60. The number of aliphatic carboxylic acids is 1. The Bertz CT molecular complexity index is 189. The van der Waals surface area contributed by atoms with Crippen LogP contribution in [0.3, 0.4) is 0 Å². The fraction of sp³-hybridized carbons (Fsp3) is 0.778. The highest BCUT2D eigenvalue weighted by Crippen LogP contribution is 2.05. The number of carbonyl (C=O) groups is 2. The van der Waals surface area contributed by atoms with Gasteiger partial charge in [0.2, 0.25) is 0 Å². The van der Waals surface area contributed by atoms with E-state index in [4.69, 9.17) is 10.8 Å². The SMILES string of the molecule is CC(C)CC(=O)C(N)CCC(=O)O. The molecule has 3 N–H and O–H groups in total. The largest absolute Gasteiger partial charge is 0.481 e. The molecule has 0 aliphatic rings. The molecule has 0 fully saturated rings. The number of hydrogen-bond acceptors (Lipinski definition) is 3. The molecule has 0 rings (SSSR count). The van der Waals surface area contributed by atoms with Crippen molar-refractivity contribution < 1.29 is 14.7 Å². The average Bonchev–Trinajstić information content (AvgIpc) is 1.98. The van der Waals surface area contributed by atoms with Gasteiger partial charge < -0.3 is 10.8 Å². The zero-order chi connectivity index (χ0) is 10.4. The van der Waals surface area contributed by atoms with E-state index in [2.05, 4.69) is 0 Å². The van der Waals surface area contributed by atoms with Crippen LogP contribution in [0, 0.1) is 5.92 Å². The number of carbonyl (C=O) groups excluding carboxylic acids is 1. The van der Waals surface area contributed by atoms with Crippen molar-refractivity contribution >= 4 is 11.8 Å². The van der Waals surface area contributed by atoms with Gasteiger partial charge in [0.05, 0.1) is 6.04 Å². The van der Waals surface area contributed by atoms with Crippen molar-refractivity contribution in [1.82, 2.24) is 0 Å². The summed E-state index contributed by atoms with van der Waals surface area (Å²) in [6.07, 6.45) is 0.632. The molecular formula is C9H17NO3. The molecule has 1 atom stereocenters. The first-order valence-corrected chi connectivity index (χ1v) is 4.43. The summed E-state index contributed by atoms with van der Waals surface area (Å²) >= 11 is 0. The smallest absolute Gasteiger partial charge is 0.303 e. The van der Waals surface area contributed by atoms with E-state index in [0.29, 0.717) is 6.42 Å². The predicted molar refractivity (Wildman–Crippen MR) is 49.3 cm³/mol. The Labute approximate surface area is 78.1 Å². The van der Waals surface area contributed by atoms with Gasteiger partial charge in [0.15, 0.2) is 0 Å². The predicted octanol–water partition coefficient (Wildman–Crippen LogP) is 0.794. The number of Topliss-reactive ketones (excluding diaryl/α,β-unsaturated/α-hetero) is 1. The summed E-state index contributed by atoms with van der Waals surface area (Å²) in [6, 6.07) is -0.613. The van der Waals surface area contributed by atoms with Crippen molar-refractivity contribution in [2.45, 2.75) is 39.2 Å². The molecule has 0 saturated carbocycles. The zero-order valence-corrected chi connectivity index (χ0v) is 8.12. The molecule has 0 amide bonds. The maximum absolute atomic E-state index is 11.2. The summed E-state index contributed by atoms with van der Waals surface area (Å²) in [5.41, 5.74) is 5.50. The number of nitrogens with two attached hydrogens (primary N) is 1. The van der Waals surface area contributed by atoms with E-state index in [1.807, 2.05) is 13.8 Å². The third kappa shape index (κ3) is 6.28. The molecular weight excluding hydrogens is 170 g/mol. The van der Waals surface area contributed by atoms with Crippen LogP contribution in [0.25, 0.3) is 0 Å². The minimum Gasteiger partial charge on any atom is -0.481 e. The second kappa shape index (κ2) is 5.70. The quantitative estimate of drug-likeness (QED) is 0.644. The molecule has 0 aromatic rings. The fourth-order valence-corrected chi connectivity index (χ4v) is 0.994. The van der Waals surface area contributed by atoms with Gasteiger partial charge in [-0.3, -0.25) is 9.59 Å². The van der Waals surface area contributed by atoms with Crippen LogP contribution >= 0.6 is 0 Å². The first-order valence-electron chi connectivity index (χ1n) is 4.43. The monoisotopic (exact) mass is 187 g/mol. The molecule has 0 spiro atoms. The van der Waals surface area contributed by atoms with Crippen LogP contribution in [0.5, 0.6) is 0 Å². The summed E-state index contributed by atoms with van der Waals surface area (Å²) < 4.78 is 0. The van der Waals surface area contributed by atoms with Crippen molar-refractivity contribution in [2.75, 3.05) is 0 Å². The summed E-state index contributed by atoms with van der Waals surface area (Å²) in [7, 11) is 0. The van der Waals surface area contributed by atoms with E-state index in [1.54, 1.807) is 0 Å². The minimum atomic E-state index is -0.909. The third-order valence-corrected chi connectivity index (χ3v) is 1.69. The maximum Gasteiger partial charge on any atom is 0.303 e. The maximum atomic E-state index is 11.2. The first-order chi connectivity index (χ1) is 5.93. The van der Waals surface area contributed by atoms with Crippen molar-refractivity contribution in [2.24, 2.45) is 11.7 Å². The lowest BCUT2D eigenvalue weighted by Crippen LogP contribution is -2.31. The number of carboxylic acid groups (broad SMARTS) is 1. The van der Waals surface area contributed by atoms with Crippen molar-refractivity contribution in [3.05, 3.63) is 0 Å². The lowest BCUT2D eigenvalue weighted by atomic mass is 9.99. The van der Waals surface area contributed by atoms with Crippen LogP contribution in [-0.4, -0.2) is 22.9 Å². The van der Waals surface area contributed by atoms with Crippen molar-refractivity contribution in [1.29, 1.82) is 0 Å². The molecule has 13 heavy (non-hydrogen) atoms. The molecule has 76 valence electrons. The first kappa shape index (κ1) is 12.1. The van der Waals surface area contributed by atoms with Crippen LogP contribution in [0.2, 0.25) is 0 Å². The third-order valence-electron chi connectivity index (χ3n) is 1.69. The van der Waals surface area contributed by atoms with E-state index in [9.17, 15) is 9.59 Å². The fourth-order valence-electron chi connectivity index (χ4n) is 0.994. The Morgan fingerprint density at radius 2 is 1.92 bits per heavy atom. The van der Waals surface area contributed by atoms with Crippen LogP contribution in [0.1, 0.15) is 33.1 Å². The molecule has 0 aliphatic heterocycles. The highest BCUT2D eigenvalue weighted by Gasteiger charge is 2.15. The van der Waals surface area contributed by atoms with Crippen LogP contribution in [0.15, 0.2) is 0 Å². The summed E-state index contributed by atoms with van der Waals surface area (Å²) in [5.74, 6) is -0.674. The lowest BCUT2D eigenvalue weighted by molar-refractivity contribution is -0.137. The molecule has 0 heterocycles. The topological polar surface area (TPSA) is 80.4 Å². The Morgan fingerprint density at radius 3 is 2.31 bits per heavy atom. The molecule has 0 aliphatic carbocycles. The van der Waals surface area contributed by atoms with Crippen molar-refractivity contribution in [3.8, 4) is 0 Å². The minimum absolute atomic E-state index is 0.0367. The zero-order valence-electron chi connectivity index (χ0n) is 8.12. The number of carboxylic acids is 1. The number of rotatable bonds is 6. The molecule has 0 radical (unpaired) electrons. The Balaban J connectivity index is 3.76. The molecule has 4 heteroatoms. The number of hydrogen-bond donors (Lipinski definition) is 2. The van der Waals surface area contributed by atoms with Crippen LogP contribution in [0.4, 0.5) is 0 Å². The van der Waals surface area contributed by atoms with Gasteiger partial charge in [0.1, 0.15) is 5.78 Å². The van der Waals surface area contributed by atoms with E-state index in [1.165, 1.54) is 0 Å². The summed E-state index contributed by atoms with van der Waals surface area (Å²) in [5, 5.41) is 8.36. The van der Waals surface area contributed by atoms with Crippen LogP contribution < -0.4 is 5.73 Å². The average molecular weight is 187 g/mol. The summed E-state index contributed by atoms with van der Waals surface area (Å²) in [6.45, 7) is 3.86. The standard InChI is InChI=1S/C9H17NO3/c1-6(2)5-8(11)7(10)3-4-9(12)13/h6-7H,3-5,10H2,1-2H3,(H,12,13). The Morgan fingerprint density at radius 1 is 1.38 bits per heavy atom. The van der Waals surface area contributed by atoms with Gasteiger partial charge in [-0.05, 0) is 12.3 Å². The van der Waals surface area contributed by atoms with Gasteiger partial charge in [-0.1, -0.05) is 13.8 Å². The highest BCUT2D eigenvalue weighted by atomic mass is 16.4. The van der Waals surface area contributed by atoms with Gasteiger partial charge in [-0.2, -0.15) is 0 Å². The molecule has 4 nitrogen and oxygen atoms in total. The molecule has 0 aromatic carbocycles. The Kier molecular flexibility index (Phi) is 5.30. The molecule has 0 aromatic heterocycles. The van der Waals surface area contributed by atoms with Gasteiger partial charge in [0.25, 0.3) is 0 Å². The number of ketones is 1. The van der Waals surface area contributed by atoms with E-state index >= 15 is 0 Å². The summed E-state index contributed by atoms with van der Waals surface area (Å²) in [4.78, 5) is 21.4. The highest BCUT2D eigenvalue weighted by molar-refractivity contribution is 5.84. The van der Waals surface area contributed by atoms with E-state index in [-0.39, 0.29) is 24.5 Å². The van der Waals surface area contributed by atoms with E-state index < -0.39 is 12.0 Å².